The Morgan fingerprint density at radius 1 is 1.71 bits per heavy atom. The molecule has 0 N–H and O–H groups in total. The fourth-order valence-corrected chi connectivity index (χ4v) is 0.287. The van der Waals surface area contributed by atoms with Gasteiger partial charge in [0, 0.05) is 0 Å². The molecule has 0 spiro atoms. The molecule has 0 rings (SSSR count). The van der Waals surface area contributed by atoms with Crippen molar-refractivity contribution < 1.29 is 25.0 Å². The van der Waals surface area contributed by atoms with Crippen LogP contribution in [0.4, 0.5) is 0 Å². The molecule has 0 aliphatic heterocycles. The van der Waals surface area contributed by atoms with Crippen molar-refractivity contribution in [3.63, 3.8) is 0 Å². The van der Waals surface area contributed by atoms with E-state index >= 15 is 0 Å². The number of hydrogen-bond acceptors (Lipinski definition) is 1. The summed E-state index contributed by atoms with van der Waals surface area (Å²) >= 11 is 0. The van der Waals surface area contributed by atoms with Crippen LogP contribution in [0.2, 0.25) is 6.32 Å². The molecule has 3 heteroatoms. The molecule has 0 atom stereocenters. The van der Waals surface area contributed by atoms with Gasteiger partial charge in [-0.25, -0.2) is 0 Å². The second-order valence-electron chi connectivity index (χ2n) is 1.31. The molecule has 0 saturated heterocycles. The first kappa shape index (κ1) is 10.4. The molecule has 0 unspecified atom stereocenters. The fourth-order valence-electron chi connectivity index (χ4n) is 0.287. The Balaban J connectivity index is -0.000000125. The molecular weight excluding hydrogens is 81.8 g/mol. The minimum Gasteiger partial charge on any atom is -1.00 e. The Kier molecular flexibility index (Phi) is 14.4. The summed E-state index contributed by atoms with van der Waals surface area (Å²) in [7, 11) is 0.962. The average molecular weight is 91.9 g/mol. The quantitative estimate of drug-likeness (QED) is 0.301. The van der Waals surface area contributed by atoms with Gasteiger partial charge in [-0.15, -0.1) is 0 Å². The van der Waals surface area contributed by atoms with Gasteiger partial charge in [0.25, 0.3) is 0 Å². The van der Waals surface area contributed by atoms with Crippen LogP contribution in [0.1, 0.15) is 21.2 Å². The third-order valence-electron chi connectivity index (χ3n) is 0.676. The third-order valence-corrected chi connectivity index (χ3v) is 0.676. The van der Waals surface area contributed by atoms with E-state index in [4.69, 9.17) is 0 Å². The van der Waals surface area contributed by atoms with Gasteiger partial charge in [-0.1, -0.05) is 0 Å². The zero-order chi connectivity index (χ0) is 4.83. The van der Waals surface area contributed by atoms with Crippen LogP contribution in [0.25, 0.3) is 0 Å². The summed E-state index contributed by atoms with van der Waals surface area (Å²) in [6.07, 6.45) is 2.90. The zero-order valence-corrected chi connectivity index (χ0v) is 5.11. The van der Waals surface area contributed by atoms with Crippen LogP contribution < -0.4 is 18.9 Å². The van der Waals surface area contributed by atoms with Gasteiger partial charge in [-0.2, -0.15) is 0 Å². The molecule has 0 radical (unpaired) electrons. The van der Waals surface area contributed by atoms with Crippen LogP contribution in [0.5, 0.6) is 0 Å². The van der Waals surface area contributed by atoms with Crippen molar-refractivity contribution in [1.29, 1.82) is 0 Å². The van der Waals surface area contributed by atoms with Crippen LogP contribution >= 0.6 is 0 Å². The normalized spacial score (nSPS) is 6.43. The van der Waals surface area contributed by atoms with Crippen LogP contribution in [-0.2, 0) is 4.70 Å². The van der Waals surface area contributed by atoms with Crippen molar-refractivity contribution in [3.05, 3.63) is 0 Å². The summed E-state index contributed by atoms with van der Waals surface area (Å²) in [5.74, 6) is 0. The first-order chi connectivity index (χ1) is 2.91. The predicted octanol–water partition coefficient (Wildman–Crippen LogP) is -1.63. The average Bonchev–Trinajstić information content (AvgIpc) is 1.61. The molecule has 0 fully saturated rings. The molecule has 0 amide bonds. The smallest absolute Gasteiger partial charge is 1.00 e. The van der Waals surface area contributed by atoms with E-state index in [0.717, 1.165) is 26.3 Å². The molecule has 0 aliphatic rings. The Morgan fingerprint density at radius 3 is 2.43 bits per heavy atom. The number of hydrogen-bond donors (Lipinski definition) is 0. The molecule has 7 heavy (non-hydrogen) atoms. The van der Waals surface area contributed by atoms with E-state index in [1.54, 1.807) is 0 Å². The van der Waals surface area contributed by atoms with Gasteiger partial charge in [0.05, 0.1) is 0 Å². The molecule has 0 saturated carbocycles. The molecule has 36 valence electrons. The molecule has 0 bridgehead atoms. The maximum absolute atomic E-state index is 9.56. The second-order valence-corrected chi connectivity index (χ2v) is 1.31. The van der Waals surface area contributed by atoms with E-state index < -0.39 is 0 Å². The van der Waals surface area contributed by atoms with Gasteiger partial charge < -0.3 is 1.43 Å². The standard InChI is InChI=1S/C4H9BO.Li.H/c1-2-3-4-5-6;;/h2-4H2,1H3;;/q;+1;-1. The van der Waals surface area contributed by atoms with Crippen LogP contribution in [0.3, 0.4) is 0 Å². The maximum Gasteiger partial charge on any atom is 1.00 e. The summed E-state index contributed by atoms with van der Waals surface area (Å²) in [4.78, 5) is 0. The molecule has 0 aliphatic carbocycles. The van der Waals surface area contributed by atoms with Crippen LogP contribution in [0, 0.1) is 0 Å². The number of rotatable bonds is 3. The van der Waals surface area contributed by atoms with E-state index in [-0.39, 0.29) is 20.3 Å². The molecule has 1 nitrogen and oxygen atoms in total. The largest absolute Gasteiger partial charge is 1.00 e. The molecule has 0 heterocycles. The van der Waals surface area contributed by atoms with Crippen molar-refractivity contribution in [2.45, 2.75) is 26.1 Å². The van der Waals surface area contributed by atoms with Gasteiger partial charge in [-0.3, -0.25) is 0 Å². The SMILES string of the molecule is CCCCB=O.[H-].[Li+]. The summed E-state index contributed by atoms with van der Waals surface area (Å²) in [6.45, 7) is 2.07. The summed E-state index contributed by atoms with van der Waals surface area (Å²) < 4.78 is 9.56. The summed E-state index contributed by atoms with van der Waals surface area (Å²) in [5, 5.41) is 0. The zero-order valence-electron chi connectivity index (χ0n) is 6.11. The maximum atomic E-state index is 9.56. The molecule has 0 aromatic heterocycles. The minimum absolute atomic E-state index is 0. The molecular formula is C4H10BLiO. The summed E-state index contributed by atoms with van der Waals surface area (Å²) in [5.41, 5.74) is 0. The second kappa shape index (κ2) is 9.68. The van der Waals surface area contributed by atoms with Crippen molar-refractivity contribution in [1.82, 2.24) is 0 Å². The summed E-state index contributed by atoms with van der Waals surface area (Å²) in [6, 6.07) is 0. The van der Waals surface area contributed by atoms with Gasteiger partial charge in [0.2, 0.25) is 0 Å². The number of unbranched alkanes of at least 4 members (excludes halogenated alkanes) is 1. The molecule has 0 aromatic rings. The van der Waals surface area contributed by atoms with Gasteiger partial charge in [0.1, 0.15) is 0 Å². The first-order valence-corrected chi connectivity index (χ1v) is 2.35. The van der Waals surface area contributed by atoms with Gasteiger partial charge >= 0.3 is 56.8 Å². The van der Waals surface area contributed by atoms with Crippen LogP contribution in [0.15, 0.2) is 0 Å². The Hall–Kier alpha value is 0.462. The van der Waals surface area contributed by atoms with E-state index in [1.807, 2.05) is 0 Å². The van der Waals surface area contributed by atoms with Crippen molar-refractivity contribution in [3.8, 4) is 0 Å². The monoisotopic (exact) mass is 92.1 g/mol. The third kappa shape index (κ3) is 10.7. The molecule has 0 aromatic carbocycles. The van der Waals surface area contributed by atoms with E-state index in [2.05, 4.69) is 6.92 Å². The van der Waals surface area contributed by atoms with Crippen LogP contribution in [-0.4, -0.2) is 7.15 Å². The van der Waals surface area contributed by atoms with Gasteiger partial charge in [0.15, 0.2) is 0 Å². The van der Waals surface area contributed by atoms with E-state index in [0.29, 0.717) is 0 Å². The Labute approximate surface area is 58.8 Å². The first-order valence-electron chi connectivity index (χ1n) is 2.35. The van der Waals surface area contributed by atoms with E-state index in [9.17, 15) is 4.70 Å². The fraction of sp³-hybridized carbons (Fsp3) is 1.00. The van der Waals surface area contributed by atoms with Crippen molar-refractivity contribution >= 4 is 7.15 Å². The Morgan fingerprint density at radius 2 is 2.29 bits per heavy atom. The van der Waals surface area contributed by atoms with Crippen molar-refractivity contribution in [2.75, 3.05) is 0 Å². The Bertz CT molecular complexity index is 45.0. The predicted molar refractivity (Wildman–Crippen MR) is 27.3 cm³/mol. The minimum atomic E-state index is 0. The van der Waals surface area contributed by atoms with Crippen molar-refractivity contribution in [2.24, 2.45) is 0 Å². The van der Waals surface area contributed by atoms with E-state index in [1.165, 1.54) is 0 Å². The van der Waals surface area contributed by atoms with Gasteiger partial charge in [-0.05, 0) is 0 Å². The topological polar surface area (TPSA) is 17.1 Å².